The van der Waals surface area contributed by atoms with Crippen LogP contribution in [-0.2, 0) is 19.4 Å². The van der Waals surface area contributed by atoms with Crippen LogP contribution in [0.25, 0.3) is 22.3 Å². The number of aromatic carboxylic acids is 1. The highest BCUT2D eigenvalue weighted by molar-refractivity contribution is 5.87. The molecule has 29 heavy (non-hydrogen) atoms. The van der Waals surface area contributed by atoms with E-state index in [1.54, 1.807) is 22.9 Å². The van der Waals surface area contributed by atoms with Crippen LogP contribution in [0.15, 0.2) is 42.7 Å². The molecule has 7 heteroatoms. The van der Waals surface area contributed by atoms with Gasteiger partial charge >= 0.3 is 5.97 Å². The number of aromatic nitrogens is 5. The SMILES string of the molecule is CC1(C)Cc2[nH]nc(-c3cnc4nn(Cc5cccc(C(=O)O)c5)cc4c3)c2C1. The third-order valence-electron chi connectivity index (χ3n) is 5.46. The molecule has 0 fully saturated rings. The number of rotatable bonds is 4. The first-order valence-corrected chi connectivity index (χ1v) is 9.60. The standard InChI is InChI=1S/C22H21N5O2/c1-22(2)8-17-18(9-22)24-25-19(17)15-7-16-12-27(26-20(16)23-10-15)11-13-4-3-5-14(6-13)21(28)29/h3-7,10,12H,8-9,11H2,1-2H3,(H,24,25)(H,28,29). The van der Waals surface area contributed by atoms with Crippen molar-refractivity contribution in [1.29, 1.82) is 0 Å². The number of nitrogens with zero attached hydrogens (tertiary/aromatic N) is 4. The fraction of sp³-hybridized carbons (Fsp3) is 0.273. The van der Waals surface area contributed by atoms with Gasteiger partial charge in [-0.1, -0.05) is 26.0 Å². The molecule has 0 aliphatic heterocycles. The number of H-pyrrole nitrogens is 1. The lowest BCUT2D eigenvalue weighted by Gasteiger charge is -2.15. The Morgan fingerprint density at radius 3 is 2.97 bits per heavy atom. The maximum atomic E-state index is 11.2. The van der Waals surface area contributed by atoms with Crippen molar-refractivity contribution in [3.8, 4) is 11.3 Å². The maximum Gasteiger partial charge on any atom is 0.335 e. The smallest absolute Gasteiger partial charge is 0.335 e. The van der Waals surface area contributed by atoms with Crippen LogP contribution in [0.5, 0.6) is 0 Å². The Morgan fingerprint density at radius 1 is 1.28 bits per heavy atom. The van der Waals surface area contributed by atoms with Crippen LogP contribution in [0.4, 0.5) is 0 Å². The number of nitrogens with one attached hydrogen (secondary N) is 1. The Hall–Kier alpha value is -3.48. The molecule has 0 atom stereocenters. The second kappa shape index (κ2) is 6.27. The Balaban J connectivity index is 1.46. The zero-order chi connectivity index (χ0) is 20.2. The zero-order valence-electron chi connectivity index (χ0n) is 16.3. The lowest BCUT2D eigenvalue weighted by Crippen LogP contribution is -2.11. The normalized spacial score (nSPS) is 15.0. The zero-order valence-corrected chi connectivity index (χ0v) is 16.3. The minimum atomic E-state index is -0.932. The summed E-state index contributed by atoms with van der Waals surface area (Å²) >= 11 is 0. The molecular formula is C22H21N5O2. The molecule has 0 saturated heterocycles. The predicted octanol–water partition coefficient (Wildman–Crippen LogP) is 3.69. The first-order chi connectivity index (χ1) is 13.9. The van der Waals surface area contributed by atoms with Crippen molar-refractivity contribution in [2.45, 2.75) is 33.2 Å². The van der Waals surface area contributed by atoms with E-state index in [4.69, 9.17) is 5.11 Å². The topological polar surface area (TPSA) is 96.7 Å². The van der Waals surface area contributed by atoms with Crippen molar-refractivity contribution in [2.75, 3.05) is 0 Å². The predicted molar refractivity (Wildman–Crippen MR) is 109 cm³/mol. The summed E-state index contributed by atoms with van der Waals surface area (Å²) in [6, 6.07) is 8.97. The number of aromatic amines is 1. The lowest BCUT2D eigenvalue weighted by atomic mass is 9.90. The molecule has 0 unspecified atom stereocenters. The summed E-state index contributed by atoms with van der Waals surface area (Å²) < 4.78 is 1.79. The van der Waals surface area contributed by atoms with Crippen molar-refractivity contribution < 1.29 is 9.90 Å². The van der Waals surface area contributed by atoms with Crippen LogP contribution < -0.4 is 0 Å². The molecule has 2 N–H and O–H groups in total. The molecule has 5 rings (SSSR count). The van der Waals surface area contributed by atoms with Gasteiger partial charge in [0.1, 0.15) is 0 Å². The Bertz CT molecular complexity index is 1250. The molecule has 0 amide bonds. The minimum absolute atomic E-state index is 0.256. The van der Waals surface area contributed by atoms with Gasteiger partial charge in [0.15, 0.2) is 5.65 Å². The highest BCUT2D eigenvalue weighted by Gasteiger charge is 2.32. The molecule has 1 aliphatic carbocycles. The molecule has 0 bridgehead atoms. The van der Waals surface area contributed by atoms with Gasteiger partial charge in [0, 0.05) is 34.6 Å². The average molecular weight is 387 g/mol. The lowest BCUT2D eigenvalue weighted by molar-refractivity contribution is 0.0696. The quantitative estimate of drug-likeness (QED) is 0.557. The van der Waals surface area contributed by atoms with Crippen LogP contribution in [0, 0.1) is 5.41 Å². The highest BCUT2D eigenvalue weighted by atomic mass is 16.4. The van der Waals surface area contributed by atoms with Gasteiger partial charge in [-0.05, 0) is 42.0 Å². The van der Waals surface area contributed by atoms with Crippen molar-refractivity contribution >= 4 is 17.0 Å². The van der Waals surface area contributed by atoms with E-state index in [9.17, 15) is 4.79 Å². The summed E-state index contributed by atoms with van der Waals surface area (Å²) in [4.78, 5) is 15.7. The number of carbonyl (C=O) groups is 1. The van der Waals surface area contributed by atoms with Crippen LogP contribution in [-0.4, -0.2) is 36.0 Å². The first kappa shape index (κ1) is 17.6. The molecule has 1 aliphatic rings. The molecule has 7 nitrogen and oxygen atoms in total. The fourth-order valence-electron chi connectivity index (χ4n) is 4.16. The fourth-order valence-corrected chi connectivity index (χ4v) is 4.16. The number of pyridine rings is 1. The van der Waals surface area contributed by atoms with Crippen LogP contribution in [0.1, 0.15) is 41.0 Å². The van der Waals surface area contributed by atoms with Gasteiger partial charge in [0.25, 0.3) is 0 Å². The number of carboxylic acid groups (broad SMARTS) is 1. The monoisotopic (exact) mass is 387 g/mol. The second-order valence-electron chi connectivity index (χ2n) is 8.52. The summed E-state index contributed by atoms with van der Waals surface area (Å²) in [5.74, 6) is -0.932. The molecular weight excluding hydrogens is 366 g/mol. The molecule has 3 heterocycles. The van der Waals surface area contributed by atoms with Gasteiger partial charge in [0.2, 0.25) is 0 Å². The largest absolute Gasteiger partial charge is 0.478 e. The number of benzene rings is 1. The van der Waals surface area contributed by atoms with Crippen LogP contribution in [0.3, 0.4) is 0 Å². The number of hydrogen-bond acceptors (Lipinski definition) is 4. The molecule has 4 aromatic rings. The molecule has 146 valence electrons. The summed E-state index contributed by atoms with van der Waals surface area (Å²) in [6.07, 6.45) is 5.78. The van der Waals surface area contributed by atoms with Crippen LogP contribution in [0.2, 0.25) is 0 Å². The van der Waals surface area contributed by atoms with Gasteiger partial charge in [0.05, 0.1) is 17.8 Å². The molecule has 0 radical (unpaired) electrons. The third kappa shape index (κ3) is 3.18. The van der Waals surface area contributed by atoms with Gasteiger partial charge in [-0.2, -0.15) is 10.2 Å². The van der Waals surface area contributed by atoms with Crippen molar-refractivity contribution in [1.82, 2.24) is 25.0 Å². The summed E-state index contributed by atoms with van der Waals surface area (Å²) in [7, 11) is 0. The van der Waals surface area contributed by atoms with E-state index in [1.165, 1.54) is 11.3 Å². The van der Waals surface area contributed by atoms with Gasteiger partial charge < -0.3 is 5.11 Å². The first-order valence-electron chi connectivity index (χ1n) is 9.60. The van der Waals surface area contributed by atoms with Crippen molar-refractivity contribution in [3.05, 3.63) is 65.1 Å². The van der Waals surface area contributed by atoms with Crippen LogP contribution >= 0.6 is 0 Å². The molecule has 1 aromatic carbocycles. The Morgan fingerprint density at radius 2 is 2.14 bits per heavy atom. The van der Waals surface area contributed by atoms with E-state index in [0.29, 0.717) is 12.2 Å². The van der Waals surface area contributed by atoms with E-state index >= 15 is 0 Å². The highest BCUT2D eigenvalue weighted by Crippen LogP contribution is 2.39. The van der Waals surface area contributed by atoms with Crippen molar-refractivity contribution in [2.24, 2.45) is 5.41 Å². The molecule has 0 saturated carbocycles. The average Bonchev–Trinajstić information content (AvgIpc) is 3.32. The number of hydrogen-bond donors (Lipinski definition) is 2. The number of carboxylic acids is 1. The van der Waals surface area contributed by atoms with Gasteiger partial charge in [-0.15, -0.1) is 0 Å². The summed E-state index contributed by atoms with van der Waals surface area (Å²) in [5, 5.41) is 22.4. The Labute approximate surface area is 167 Å². The van der Waals surface area contributed by atoms with E-state index < -0.39 is 5.97 Å². The molecule has 0 spiro atoms. The van der Waals surface area contributed by atoms with E-state index in [-0.39, 0.29) is 11.0 Å². The van der Waals surface area contributed by atoms with E-state index in [1.807, 2.05) is 18.5 Å². The Kier molecular flexibility index (Phi) is 3.81. The van der Waals surface area contributed by atoms with E-state index in [0.717, 1.165) is 35.0 Å². The third-order valence-corrected chi connectivity index (χ3v) is 5.46. The van der Waals surface area contributed by atoms with Gasteiger partial charge in [-0.3, -0.25) is 9.78 Å². The van der Waals surface area contributed by atoms with E-state index in [2.05, 4.69) is 40.2 Å². The second-order valence-corrected chi connectivity index (χ2v) is 8.52. The van der Waals surface area contributed by atoms with Gasteiger partial charge in [-0.25, -0.2) is 9.78 Å². The minimum Gasteiger partial charge on any atom is -0.478 e. The maximum absolute atomic E-state index is 11.2. The molecule has 3 aromatic heterocycles. The summed E-state index contributed by atoms with van der Waals surface area (Å²) in [5.41, 5.74) is 6.54. The number of fused-ring (bicyclic) bond motifs is 2. The summed E-state index contributed by atoms with van der Waals surface area (Å²) in [6.45, 7) is 5.03. The van der Waals surface area contributed by atoms with Crippen molar-refractivity contribution in [3.63, 3.8) is 0 Å².